The van der Waals surface area contributed by atoms with Gasteiger partial charge in [0.05, 0.1) is 16.5 Å². The molecule has 1 heterocycles. The molecular weight excluding hydrogens is 492 g/mol. The Morgan fingerprint density at radius 1 is 1.37 bits per heavy atom. The van der Waals surface area contributed by atoms with Crippen molar-refractivity contribution in [3.63, 3.8) is 0 Å². The highest BCUT2D eigenvalue weighted by atomic mass is 79.9. The number of hydrogen-bond acceptors (Lipinski definition) is 5. The highest BCUT2D eigenvalue weighted by molar-refractivity contribution is 9.10. The Bertz CT molecular complexity index is 1110. The Balaban J connectivity index is 1.82. The largest absolute Gasteiger partial charge is 0.493 e. The van der Waals surface area contributed by atoms with Gasteiger partial charge in [0.15, 0.2) is 16.7 Å². The number of carbonyl (C=O) groups is 2. The van der Waals surface area contributed by atoms with Gasteiger partial charge in [-0.2, -0.15) is 4.99 Å². The maximum Gasteiger partial charge on any atom is 0.279 e. The number of methoxy groups -OCH3 is 1. The van der Waals surface area contributed by atoms with Crippen LogP contribution < -0.4 is 14.8 Å². The number of ether oxygens (including phenoxy) is 2. The SMILES string of the molecule is C#CCOc1c(Br)cc(/C=C2\SC(=NC(=O)c3ccc(Cl)cc3)NC2=O)cc1OC. The lowest BCUT2D eigenvalue weighted by molar-refractivity contribution is -0.115. The van der Waals surface area contributed by atoms with Gasteiger partial charge in [-0.15, -0.1) is 6.42 Å². The van der Waals surface area contributed by atoms with E-state index in [-0.39, 0.29) is 17.7 Å². The van der Waals surface area contributed by atoms with Crippen molar-refractivity contribution in [1.82, 2.24) is 5.32 Å². The zero-order chi connectivity index (χ0) is 21.7. The second-order valence-electron chi connectivity index (χ2n) is 5.82. The molecule has 1 N–H and O–H groups in total. The third-order valence-electron chi connectivity index (χ3n) is 3.79. The number of amides is 2. The van der Waals surface area contributed by atoms with Gasteiger partial charge in [0.1, 0.15) is 6.61 Å². The number of benzene rings is 2. The predicted octanol–water partition coefficient (Wildman–Crippen LogP) is 4.52. The first kappa shape index (κ1) is 22.0. The van der Waals surface area contributed by atoms with Crippen molar-refractivity contribution in [3.8, 4) is 23.8 Å². The molecule has 6 nitrogen and oxygen atoms in total. The summed E-state index contributed by atoms with van der Waals surface area (Å²) in [5, 5.41) is 3.31. The van der Waals surface area contributed by atoms with E-state index >= 15 is 0 Å². The minimum atomic E-state index is -0.477. The Morgan fingerprint density at radius 2 is 2.10 bits per heavy atom. The molecule has 3 rings (SSSR count). The van der Waals surface area contributed by atoms with Crippen LogP contribution in [0.15, 0.2) is 50.8 Å². The second-order valence-corrected chi connectivity index (χ2v) is 8.14. The maximum atomic E-state index is 12.3. The van der Waals surface area contributed by atoms with Crippen LogP contribution in [-0.2, 0) is 4.79 Å². The van der Waals surface area contributed by atoms with Crippen LogP contribution in [-0.4, -0.2) is 30.7 Å². The van der Waals surface area contributed by atoms with Gasteiger partial charge in [-0.1, -0.05) is 17.5 Å². The van der Waals surface area contributed by atoms with Crippen LogP contribution in [0.25, 0.3) is 6.08 Å². The molecule has 30 heavy (non-hydrogen) atoms. The molecule has 1 aliphatic rings. The number of hydrogen-bond donors (Lipinski definition) is 1. The van der Waals surface area contributed by atoms with Gasteiger partial charge in [-0.05, 0) is 75.7 Å². The summed E-state index contributed by atoms with van der Waals surface area (Å²) in [6, 6.07) is 9.82. The maximum absolute atomic E-state index is 12.3. The third-order valence-corrected chi connectivity index (χ3v) is 5.55. The highest BCUT2D eigenvalue weighted by Gasteiger charge is 2.25. The molecule has 0 unspecified atom stereocenters. The number of aliphatic imine (C=N–C) groups is 1. The summed E-state index contributed by atoms with van der Waals surface area (Å²) >= 11 is 10.3. The molecule has 1 saturated heterocycles. The van der Waals surface area contributed by atoms with Crippen molar-refractivity contribution in [1.29, 1.82) is 0 Å². The van der Waals surface area contributed by atoms with Crippen LogP contribution in [0.3, 0.4) is 0 Å². The number of amidine groups is 1. The Kier molecular flexibility index (Phi) is 7.21. The van der Waals surface area contributed by atoms with E-state index in [1.807, 2.05) is 0 Å². The molecule has 2 aromatic carbocycles. The average molecular weight is 506 g/mol. The number of rotatable bonds is 5. The lowest BCUT2D eigenvalue weighted by atomic mass is 10.2. The van der Waals surface area contributed by atoms with Gasteiger partial charge in [0.2, 0.25) is 0 Å². The van der Waals surface area contributed by atoms with Gasteiger partial charge in [0.25, 0.3) is 11.8 Å². The normalized spacial score (nSPS) is 15.7. The van der Waals surface area contributed by atoms with Crippen LogP contribution in [0, 0.1) is 12.3 Å². The van der Waals surface area contributed by atoms with Crippen molar-refractivity contribution in [2.45, 2.75) is 0 Å². The third kappa shape index (κ3) is 5.25. The second kappa shape index (κ2) is 9.85. The van der Waals surface area contributed by atoms with E-state index in [2.05, 4.69) is 32.2 Å². The first-order chi connectivity index (χ1) is 14.4. The van der Waals surface area contributed by atoms with Gasteiger partial charge < -0.3 is 14.8 Å². The van der Waals surface area contributed by atoms with Gasteiger partial charge >= 0.3 is 0 Å². The van der Waals surface area contributed by atoms with Gasteiger partial charge in [0, 0.05) is 10.6 Å². The number of carbonyl (C=O) groups excluding carboxylic acids is 2. The molecule has 152 valence electrons. The summed E-state index contributed by atoms with van der Waals surface area (Å²) in [5.41, 5.74) is 1.06. The molecule has 9 heteroatoms. The summed E-state index contributed by atoms with van der Waals surface area (Å²) in [6.07, 6.45) is 6.89. The number of nitrogens with one attached hydrogen (secondary N) is 1. The Morgan fingerprint density at radius 3 is 2.77 bits per heavy atom. The molecule has 0 atom stereocenters. The lowest BCUT2D eigenvalue weighted by Gasteiger charge is -2.12. The number of terminal acetylenes is 1. The van der Waals surface area contributed by atoms with Crippen LogP contribution in [0.4, 0.5) is 0 Å². The quantitative estimate of drug-likeness (QED) is 0.477. The molecule has 0 saturated carbocycles. The summed E-state index contributed by atoms with van der Waals surface area (Å²) in [5.74, 6) is 2.49. The average Bonchev–Trinajstić information content (AvgIpc) is 3.05. The Hall–Kier alpha value is -2.73. The fraction of sp³-hybridized carbons (Fsp3) is 0.0952. The smallest absolute Gasteiger partial charge is 0.279 e. The molecule has 0 radical (unpaired) electrons. The number of halogens is 2. The fourth-order valence-corrected chi connectivity index (χ4v) is 3.98. The van der Waals surface area contributed by atoms with Crippen molar-refractivity contribution in [2.75, 3.05) is 13.7 Å². The molecular formula is C21H14BrClN2O4S. The highest BCUT2D eigenvalue weighted by Crippen LogP contribution is 2.38. The molecule has 0 bridgehead atoms. The van der Waals surface area contributed by atoms with E-state index in [0.717, 1.165) is 11.8 Å². The first-order valence-electron chi connectivity index (χ1n) is 8.44. The van der Waals surface area contributed by atoms with E-state index in [1.165, 1.54) is 7.11 Å². The zero-order valence-electron chi connectivity index (χ0n) is 15.6. The van der Waals surface area contributed by atoms with Crippen LogP contribution in [0.2, 0.25) is 5.02 Å². The van der Waals surface area contributed by atoms with Crippen LogP contribution >= 0.6 is 39.3 Å². The number of nitrogens with zero attached hydrogens (tertiary/aromatic N) is 1. The minimum absolute atomic E-state index is 0.0924. The van der Waals surface area contributed by atoms with Crippen molar-refractivity contribution < 1.29 is 19.1 Å². The van der Waals surface area contributed by atoms with E-state index in [1.54, 1.807) is 42.5 Å². The van der Waals surface area contributed by atoms with Crippen molar-refractivity contribution in [2.24, 2.45) is 4.99 Å². The van der Waals surface area contributed by atoms with E-state index in [0.29, 0.717) is 37.0 Å². The molecule has 2 amide bonds. The molecule has 0 spiro atoms. The molecule has 1 aliphatic heterocycles. The summed E-state index contributed by atoms with van der Waals surface area (Å²) in [4.78, 5) is 28.9. The van der Waals surface area contributed by atoms with Crippen molar-refractivity contribution in [3.05, 3.63) is 61.9 Å². The molecule has 0 aromatic heterocycles. The van der Waals surface area contributed by atoms with Gasteiger partial charge in [-0.3, -0.25) is 9.59 Å². The summed E-state index contributed by atoms with van der Waals surface area (Å²) in [6.45, 7) is 0.0924. The first-order valence-corrected chi connectivity index (χ1v) is 10.4. The van der Waals surface area contributed by atoms with Crippen molar-refractivity contribution >= 4 is 62.4 Å². The van der Waals surface area contributed by atoms with Crippen LogP contribution in [0.5, 0.6) is 11.5 Å². The Labute approximate surface area is 190 Å². The fourth-order valence-electron chi connectivity index (χ4n) is 2.46. The van der Waals surface area contributed by atoms with E-state index in [4.69, 9.17) is 27.5 Å². The van der Waals surface area contributed by atoms with E-state index < -0.39 is 5.91 Å². The number of thioether (sulfide) groups is 1. The molecule has 1 fully saturated rings. The summed E-state index contributed by atoms with van der Waals surface area (Å²) < 4.78 is 11.5. The minimum Gasteiger partial charge on any atom is -0.493 e. The molecule has 2 aromatic rings. The summed E-state index contributed by atoms with van der Waals surface area (Å²) in [7, 11) is 1.51. The topological polar surface area (TPSA) is 77.0 Å². The van der Waals surface area contributed by atoms with Crippen LogP contribution in [0.1, 0.15) is 15.9 Å². The van der Waals surface area contributed by atoms with E-state index in [9.17, 15) is 9.59 Å². The zero-order valence-corrected chi connectivity index (χ0v) is 18.7. The monoisotopic (exact) mass is 504 g/mol. The van der Waals surface area contributed by atoms with Gasteiger partial charge in [-0.25, -0.2) is 0 Å². The lowest BCUT2D eigenvalue weighted by Crippen LogP contribution is -2.20. The predicted molar refractivity (Wildman–Crippen MR) is 122 cm³/mol. The molecule has 0 aliphatic carbocycles. The standard InChI is InChI=1S/C21H14BrClN2O4S/c1-3-8-29-18-15(22)9-12(10-16(18)28-2)11-17-20(27)25-21(30-17)24-19(26)13-4-6-14(23)7-5-13/h1,4-7,9-11H,8H2,2H3,(H,24,25,26,27)/b17-11-.